The van der Waals surface area contributed by atoms with Crippen LogP contribution in [0.1, 0.15) is 31.7 Å². The van der Waals surface area contributed by atoms with E-state index in [1.165, 1.54) is 28.6 Å². The Bertz CT molecular complexity index is 1200. The van der Waals surface area contributed by atoms with Gasteiger partial charge in [0.05, 0.1) is 16.5 Å². The number of benzene rings is 2. The summed E-state index contributed by atoms with van der Waals surface area (Å²) in [5.41, 5.74) is 1.24. The van der Waals surface area contributed by atoms with E-state index in [4.69, 9.17) is 4.74 Å². The smallest absolute Gasteiger partial charge is 0.265 e. The number of carbonyl (C=O) groups is 2. The third kappa shape index (κ3) is 4.72. The maximum absolute atomic E-state index is 13.5. The molecule has 0 aromatic heterocycles. The fourth-order valence-corrected chi connectivity index (χ4v) is 5.90. The fourth-order valence-electron chi connectivity index (χ4n) is 4.16. The van der Waals surface area contributed by atoms with Crippen LogP contribution in [0.5, 0.6) is 5.75 Å². The first-order valence-corrected chi connectivity index (χ1v) is 12.3. The summed E-state index contributed by atoms with van der Waals surface area (Å²) in [6.45, 7) is 3.78. The van der Waals surface area contributed by atoms with Crippen LogP contribution in [0.4, 0.5) is 15.8 Å². The van der Waals surface area contributed by atoms with Crippen molar-refractivity contribution in [2.75, 3.05) is 23.7 Å². The van der Waals surface area contributed by atoms with Gasteiger partial charge in [0.25, 0.3) is 5.91 Å². The number of fused-ring (bicyclic) bond motifs is 1. The van der Waals surface area contributed by atoms with Gasteiger partial charge in [-0.25, -0.2) is 12.8 Å². The Kier molecular flexibility index (Phi) is 6.40. The lowest BCUT2D eigenvalue weighted by molar-refractivity contribution is -0.123. The van der Waals surface area contributed by atoms with Crippen molar-refractivity contribution in [2.24, 2.45) is 5.92 Å². The maximum Gasteiger partial charge on any atom is 0.265 e. The van der Waals surface area contributed by atoms with Crippen LogP contribution in [-0.4, -0.2) is 43.7 Å². The number of ether oxygens (including phenoxy) is 1. The molecule has 10 heteroatoms. The number of hydrogen-bond donors (Lipinski definition) is 2. The van der Waals surface area contributed by atoms with Crippen LogP contribution in [0.25, 0.3) is 0 Å². The minimum absolute atomic E-state index is 0.0230. The number of piperidine rings is 1. The summed E-state index contributed by atoms with van der Waals surface area (Å²) in [4.78, 5) is 24.9. The van der Waals surface area contributed by atoms with Gasteiger partial charge < -0.3 is 15.4 Å². The van der Waals surface area contributed by atoms with Crippen molar-refractivity contribution in [1.29, 1.82) is 0 Å². The summed E-state index contributed by atoms with van der Waals surface area (Å²) in [5.74, 6) is -1.33. The Hall–Kier alpha value is -2.98. The van der Waals surface area contributed by atoms with E-state index >= 15 is 0 Å². The molecular formula is C23H26FN3O5S. The van der Waals surface area contributed by atoms with Crippen LogP contribution in [-0.2, 0) is 19.6 Å². The molecule has 2 amide bonds. The Morgan fingerprint density at radius 3 is 2.82 bits per heavy atom. The second-order valence-electron chi connectivity index (χ2n) is 8.32. The highest BCUT2D eigenvalue weighted by molar-refractivity contribution is 7.89. The molecule has 2 aromatic rings. The number of nitrogens with one attached hydrogen (secondary N) is 2. The van der Waals surface area contributed by atoms with Gasteiger partial charge in [-0.15, -0.1) is 0 Å². The third-order valence-electron chi connectivity index (χ3n) is 5.93. The maximum atomic E-state index is 13.5. The number of rotatable bonds is 5. The predicted molar refractivity (Wildman–Crippen MR) is 121 cm³/mol. The van der Waals surface area contributed by atoms with Gasteiger partial charge in [-0.3, -0.25) is 9.59 Å². The number of halogens is 1. The van der Waals surface area contributed by atoms with Crippen LogP contribution >= 0.6 is 0 Å². The molecule has 33 heavy (non-hydrogen) atoms. The van der Waals surface area contributed by atoms with Crippen molar-refractivity contribution in [3.63, 3.8) is 0 Å². The molecule has 0 bridgehead atoms. The van der Waals surface area contributed by atoms with Crippen molar-refractivity contribution < 1.29 is 27.1 Å². The van der Waals surface area contributed by atoms with Gasteiger partial charge in [0.15, 0.2) is 6.10 Å². The molecule has 0 aliphatic carbocycles. The number of anilines is 2. The highest BCUT2D eigenvalue weighted by Gasteiger charge is 2.36. The molecule has 2 heterocycles. The zero-order chi connectivity index (χ0) is 23.8. The van der Waals surface area contributed by atoms with E-state index in [1.807, 2.05) is 6.92 Å². The van der Waals surface area contributed by atoms with Gasteiger partial charge in [0, 0.05) is 24.8 Å². The van der Waals surface area contributed by atoms with Crippen LogP contribution in [0.15, 0.2) is 41.3 Å². The van der Waals surface area contributed by atoms with Crippen molar-refractivity contribution in [3.05, 3.63) is 47.8 Å². The summed E-state index contributed by atoms with van der Waals surface area (Å²) in [6, 6.07) is 8.60. The SMILES string of the molecule is CC[C@H]1Oc2cc(S(=O)(=O)N3CCC[C@@H](C(=O)Nc4cccc(F)c4)C3)c(C)cc2NC1=O. The molecular weight excluding hydrogens is 449 g/mol. The van der Waals surface area contributed by atoms with Gasteiger partial charge in [-0.1, -0.05) is 13.0 Å². The zero-order valence-electron chi connectivity index (χ0n) is 18.4. The monoisotopic (exact) mass is 475 g/mol. The van der Waals surface area contributed by atoms with Gasteiger partial charge in [-0.2, -0.15) is 4.31 Å². The van der Waals surface area contributed by atoms with E-state index < -0.39 is 27.9 Å². The molecule has 4 rings (SSSR count). The van der Waals surface area contributed by atoms with Crippen molar-refractivity contribution in [1.82, 2.24) is 4.31 Å². The molecule has 176 valence electrons. The van der Waals surface area contributed by atoms with Gasteiger partial charge in [0.1, 0.15) is 11.6 Å². The normalized spacial score (nSPS) is 21.0. The fraction of sp³-hybridized carbons (Fsp3) is 0.391. The summed E-state index contributed by atoms with van der Waals surface area (Å²) in [5, 5.41) is 5.43. The first-order chi connectivity index (χ1) is 15.7. The summed E-state index contributed by atoms with van der Waals surface area (Å²) in [6.07, 6.45) is 0.829. The lowest BCUT2D eigenvalue weighted by Crippen LogP contribution is -2.44. The number of carbonyl (C=O) groups excluding carboxylic acids is 2. The number of nitrogens with zero attached hydrogens (tertiary/aromatic N) is 1. The van der Waals surface area contributed by atoms with Crippen LogP contribution in [0.3, 0.4) is 0 Å². The highest BCUT2D eigenvalue weighted by Crippen LogP contribution is 2.36. The van der Waals surface area contributed by atoms with E-state index in [1.54, 1.807) is 19.1 Å². The van der Waals surface area contributed by atoms with Crippen molar-refractivity contribution >= 4 is 33.2 Å². The van der Waals surface area contributed by atoms with Crippen molar-refractivity contribution in [3.8, 4) is 5.75 Å². The molecule has 2 aromatic carbocycles. The second-order valence-corrected chi connectivity index (χ2v) is 10.2. The first kappa shape index (κ1) is 23.2. The lowest BCUT2D eigenvalue weighted by Gasteiger charge is -2.32. The first-order valence-electron chi connectivity index (χ1n) is 10.9. The van der Waals surface area contributed by atoms with E-state index in [9.17, 15) is 22.4 Å². The Morgan fingerprint density at radius 2 is 2.09 bits per heavy atom. The molecule has 8 nitrogen and oxygen atoms in total. The molecule has 0 spiro atoms. The van der Waals surface area contributed by atoms with E-state index in [0.29, 0.717) is 42.0 Å². The molecule has 2 aliphatic rings. The summed E-state index contributed by atoms with van der Waals surface area (Å²) in [7, 11) is -3.91. The number of aryl methyl sites for hydroxylation is 1. The zero-order valence-corrected chi connectivity index (χ0v) is 19.2. The Balaban J connectivity index is 1.55. The topological polar surface area (TPSA) is 105 Å². The number of sulfonamides is 1. The standard InChI is InChI=1S/C23H26FN3O5S/c1-3-19-23(29)26-18-10-14(2)21(12-20(18)32-19)33(30,31)27-9-5-6-15(13-27)22(28)25-17-8-4-7-16(24)11-17/h4,7-8,10-12,15,19H,3,5-6,9,13H2,1-2H3,(H,25,28)(H,26,29)/t15-,19-/m1/s1. The Labute approximate surface area is 192 Å². The molecule has 0 radical (unpaired) electrons. The van der Waals surface area contributed by atoms with Gasteiger partial charge >= 0.3 is 0 Å². The quantitative estimate of drug-likeness (QED) is 0.691. The van der Waals surface area contributed by atoms with Crippen molar-refractivity contribution in [2.45, 2.75) is 44.1 Å². The van der Waals surface area contributed by atoms with Crippen LogP contribution < -0.4 is 15.4 Å². The molecule has 2 N–H and O–H groups in total. The molecule has 2 aliphatic heterocycles. The Morgan fingerprint density at radius 1 is 1.30 bits per heavy atom. The van der Waals surface area contributed by atoms with E-state index in [-0.39, 0.29) is 29.8 Å². The minimum atomic E-state index is -3.91. The van der Waals surface area contributed by atoms with Gasteiger partial charge in [0.2, 0.25) is 15.9 Å². The highest BCUT2D eigenvalue weighted by atomic mass is 32.2. The van der Waals surface area contributed by atoms with E-state index in [2.05, 4.69) is 10.6 Å². The number of amides is 2. The average Bonchev–Trinajstić information content (AvgIpc) is 2.78. The summed E-state index contributed by atoms with van der Waals surface area (Å²) < 4.78 is 47.4. The van der Waals surface area contributed by atoms with Crippen LogP contribution in [0, 0.1) is 18.7 Å². The summed E-state index contributed by atoms with van der Waals surface area (Å²) >= 11 is 0. The molecule has 2 atom stereocenters. The molecule has 1 fully saturated rings. The molecule has 1 saturated heterocycles. The predicted octanol–water partition coefficient (Wildman–Crippen LogP) is 3.28. The molecule has 0 unspecified atom stereocenters. The second kappa shape index (κ2) is 9.11. The molecule has 0 saturated carbocycles. The third-order valence-corrected chi connectivity index (χ3v) is 7.94. The average molecular weight is 476 g/mol. The van der Waals surface area contributed by atoms with Gasteiger partial charge in [-0.05, 0) is 56.0 Å². The minimum Gasteiger partial charge on any atom is -0.478 e. The lowest BCUT2D eigenvalue weighted by atomic mass is 9.99. The largest absolute Gasteiger partial charge is 0.478 e. The van der Waals surface area contributed by atoms with E-state index in [0.717, 1.165) is 0 Å². The van der Waals surface area contributed by atoms with Crippen LogP contribution in [0.2, 0.25) is 0 Å². The number of hydrogen-bond acceptors (Lipinski definition) is 5.